The molecule has 0 aromatic carbocycles. The molecule has 0 bridgehead atoms. The number of carbonyl (C=O) groups is 1. The predicted molar refractivity (Wildman–Crippen MR) is 26.8 cm³/mol. The van der Waals surface area contributed by atoms with Gasteiger partial charge in [-0.1, -0.05) is 0 Å². The predicted octanol–water partition coefficient (Wildman–Crippen LogP) is -0.562. The van der Waals surface area contributed by atoms with Crippen LogP contribution in [0.1, 0.15) is 6.92 Å². The molecule has 4 heteroatoms. The van der Waals surface area contributed by atoms with Gasteiger partial charge in [0.1, 0.15) is 0 Å². The number of rotatable bonds is 2. The Morgan fingerprint density at radius 1 is 1.75 bits per heavy atom. The Balaban J connectivity index is 3.46. The molecule has 0 aliphatic carbocycles. The van der Waals surface area contributed by atoms with E-state index in [4.69, 9.17) is 0 Å². The summed E-state index contributed by atoms with van der Waals surface area (Å²) in [7, 11) is 1.28. The van der Waals surface area contributed by atoms with E-state index in [0.717, 1.165) is 0 Å². The van der Waals surface area contributed by atoms with Crippen molar-refractivity contribution in [2.45, 2.75) is 13.0 Å². The summed E-state index contributed by atoms with van der Waals surface area (Å²) in [4.78, 5) is 14.4. The molecule has 4 nitrogen and oxygen atoms in total. The first-order chi connectivity index (χ1) is 3.72. The number of methoxy groups -OCH3 is 1. The van der Waals surface area contributed by atoms with Gasteiger partial charge in [-0.15, -0.1) is 0 Å². The van der Waals surface area contributed by atoms with E-state index in [1.165, 1.54) is 14.0 Å². The van der Waals surface area contributed by atoms with E-state index >= 15 is 0 Å². The highest BCUT2D eigenvalue weighted by molar-refractivity contribution is 5.73. The van der Waals surface area contributed by atoms with Gasteiger partial charge in [0.15, 0.2) is 6.10 Å². The van der Waals surface area contributed by atoms with Crippen molar-refractivity contribution in [3.8, 4) is 0 Å². The lowest BCUT2D eigenvalue weighted by Crippen LogP contribution is -2.24. The van der Waals surface area contributed by atoms with Gasteiger partial charge in [-0.05, 0) is 6.92 Å². The van der Waals surface area contributed by atoms with Gasteiger partial charge < -0.3 is 4.74 Å². The molecule has 0 aliphatic rings. The molecule has 0 aliphatic heterocycles. The van der Waals surface area contributed by atoms with Crippen LogP contribution in [0.4, 0.5) is 0 Å². The molecule has 0 saturated carbocycles. The fourth-order valence-corrected chi connectivity index (χ4v) is 0.222. The van der Waals surface area contributed by atoms with Gasteiger partial charge >= 0.3 is 5.97 Å². The maximum absolute atomic E-state index is 10.3. The molecule has 0 amide bonds. The number of nitrogens with two attached hydrogens (primary N) is 1. The zero-order valence-corrected chi connectivity index (χ0v) is 4.88. The minimum Gasteiger partial charge on any atom is -0.467 e. The normalized spacial score (nSPS) is 12.9. The molecule has 1 atom stereocenters. The van der Waals surface area contributed by atoms with Crippen LogP contribution in [0.2, 0.25) is 0 Å². The topological polar surface area (TPSA) is 61.5 Å². The Morgan fingerprint density at radius 3 is 2.38 bits per heavy atom. The smallest absolute Gasteiger partial charge is 0.336 e. The Bertz CT molecular complexity index is 83.4. The van der Waals surface area contributed by atoms with Crippen molar-refractivity contribution < 1.29 is 14.4 Å². The summed E-state index contributed by atoms with van der Waals surface area (Å²) in [5.74, 6) is 4.18. The third-order valence-corrected chi connectivity index (χ3v) is 0.737. The van der Waals surface area contributed by atoms with E-state index in [1.807, 2.05) is 0 Å². The van der Waals surface area contributed by atoms with Crippen LogP contribution >= 0.6 is 0 Å². The van der Waals surface area contributed by atoms with Crippen molar-refractivity contribution in [3.63, 3.8) is 0 Å². The SMILES string of the molecule is COC(=O)[C@@H](C)ON. The zero-order valence-electron chi connectivity index (χ0n) is 4.88. The number of hydrogen-bond acceptors (Lipinski definition) is 4. The fraction of sp³-hybridized carbons (Fsp3) is 0.750. The van der Waals surface area contributed by atoms with Gasteiger partial charge in [0.05, 0.1) is 7.11 Å². The first-order valence-electron chi connectivity index (χ1n) is 2.15. The summed E-state index contributed by atoms with van der Waals surface area (Å²) < 4.78 is 4.26. The molecule has 0 spiro atoms. The van der Waals surface area contributed by atoms with Gasteiger partial charge in [-0.25, -0.2) is 10.7 Å². The molecular formula is C4H9NO3. The minimum atomic E-state index is -0.667. The highest BCUT2D eigenvalue weighted by Crippen LogP contribution is 1.86. The second kappa shape index (κ2) is 3.40. The van der Waals surface area contributed by atoms with Crippen LogP contribution in [0.25, 0.3) is 0 Å². The van der Waals surface area contributed by atoms with E-state index < -0.39 is 12.1 Å². The van der Waals surface area contributed by atoms with Crippen LogP contribution in [0, 0.1) is 0 Å². The van der Waals surface area contributed by atoms with Crippen LogP contribution in [-0.2, 0) is 14.4 Å². The van der Waals surface area contributed by atoms with Crippen LogP contribution < -0.4 is 5.90 Å². The third-order valence-electron chi connectivity index (χ3n) is 0.737. The standard InChI is InChI=1S/C4H9NO3/c1-3(8-5)4(6)7-2/h3H,5H2,1-2H3/t3-/m1/s1. The van der Waals surface area contributed by atoms with Crippen LogP contribution in [-0.4, -0.2) is 19.2 Å². The summed E-state index contributed by atoms with van der Waals surface area (Å²) >= 11 is 0. The van der Waals surface area contributed by atoms with Crippen molar-refractivity contribution in [1.82, 2.24) is 0 Å². The largest absolute Gasteiger partial charge is 0.467 e. The van der Waals surface area contributed by atoms with Crippen LogP contribution in [0.3, 0.4) is 0 Å². The molecule has 8 heavy (non-hydrogen) atoms. The Morgan fingerprint density at radius 2 is 2.25 bits per heavy atom. The lowest BCUT2D eigenvalue weighted by Gasteiger charge is -2.03. The molecule has 0 saturated heterocycles. The average molecular weight is 119 g/mol. The molecule has 0 heterocycles. The fourth-order valence-electron chi connectivity index (χ4n) is 0.222. The van der Waals surface area contributed by atoms with Crippen LogP contribution in [0.5, 0.6) is 0 Å². The number of carbonyl (C=O) groups excluding carboxylic acids is 1. The van der Waals surface area contributed by atoms with E-state index in [0.29, 0.717) is 0 Å². The molecule has 0 aromatic heterocycles. The Kier molecular flexibility index (Phi) is 3.14. The maximum Gasteiger partial charge on any atom is 0.336 e. The number of ether oxygens (including phenoxy) is 1. The van der Waals surface area contributed by atoms with Gasteiger partial charge in [0, 0.05) is 0 Å². The van der Waals surface area contributed by atoms with Crippen molar-refractivity contribution in [2.75, 3.05) is 7.11 Å². The third kappa shape index (κ3) is 1.90. The molecule has 2 N–H and O–H groups in total. The highest BCUT2D eigenvalue weighted by Gasteiger charge is 2.10. The maximum atomic E-state index is 10.3. The summed E-state index contributed by atoms with van der Waals surface area (Å²) in [6.07, 6.45) is -0.667. The van der Waals surface area contributed by atoms with Gasteiger partial charge in [0.2, 0.25) is 0 Å². The molecular weight excluding hydrogens is 110 g/mol. The molecule has 0 unspecified atom stereocenters. The van der Waals surface area contributed by atoms with E-state index in [1.54, 1.807) is 0 Å². The summed E-state index contributed by atoms with van der Waals surface area (Å²) in [6, 6.07) is 0. The summed E-state index contributed by atoms with van der Waals surface area (Å²) in [5, 5.41) is 0. The van der Waals surface area contributed by atoms with E-state index in [-0.39, 0.29) is 0 Å². The van der Waals surface area contributed by atoms with Crippen LogP contribution in [0.15, 0.2) is 0 Å². The number of hydrogen-bond donors (Lipinski definition) is 1. The van der Waals surface area contributed by atoms with Crippen molar-refractivity contribution in [2.24, 2.45) is 5.90 Å². The van der Waals surface area contributed by atoms with Crippen molar-refractivity contribution in [3.05, 3.63) is 0 Å². The Labute approximate surface area is 47.5 Å². The highest BCUT2D eigenvalue weighted by atomic mass is 16.6. The second-order valence-corrected chi connectivity index (χ2v) is 1.30. The monoisotopic (exact) mass is 119 g/mol. The van der Waals surface area contributed by atoms with Gasteiger partial charge in [-0.3, -0.25) is 4.84 Å². The molecule has 0 fully saturated rings. The van der Waals surface area contributed by atoms with Gasteiger partial charge in [0.25, 0.3) is 0 Å². The summed E-state index contributed by atoms with van der Waals surface area (Å²) in [6.45, 7) is 1.51. The lowest BCUT2D eigenvalue weighted by atomic mass is 10.4. The average Bonchev–Trinajstić information content (AvgIpc) is 1.84. The number of esters is 1. The van der Waals surface area contributed by atoms with E-state index in [2.05, 4.69) is 15.5 Å². The van der Waals surface area contributed by atoms with Gasteiger partial charge in [-0.2, -0.15) is 0 Å². The molecule has 0 rings (SSSR count). The zero-order chi connectivity index (χ0) is 6.57. The molecule has 0 aromatic rings. The van der Waals surface area contributed by atoms with E-state index in [9.17, 15) is 4.79 Å². The molecule has 0 radical (unpaired) electrons. The first-order valence-corrected chi connectivity index (χ1v) is 2.15. The molecule has 48 valence electrons. The summed E-state index contributed by atoms with van der Waals surface area (Å²) in [5.41, 5.74) is 0. The minimum absolute atomic E-state index is 0.465. The quantitative estimate of drug-likeness (QED) is 0.391. The van der Waals surface area contributed by atoms with Crippen molar-refractivity contribution in [1.29, 1.82) is 0 Å². The van der Waals surface area contributed by atoms with Crippen molar-refractivity contribution >= 4 is 5.97 Å². The second-order valence-electron chi connectivity index (χ2n) is 1.30. The first kappa shape index (κ1) is 7.39. The Hall–Kier alpha value is -0.610. The lowest BCUT2D eigenvalue weighted by molar-refractivity contribution is -0.153.